The summed E-state index contributed by atoms with van der Waals surface area (Å²) in [6.07, 6.45) is 6.86. The Hall–Kier alpha value is -1.44. The first-order valence-electron chi connectivity index (χ1n) is 9.60. The highest BCUT2D eigenvalue weighted by Crippen LogP contribution is 2.21. The molecule has 146 valence electrons. The van der Waals surface area contributed by atoms with Crippen LogP contribution in [0.2, 0.25) is 0 Å². The van der Waals surface area contributed by atoms with Crippen LogP contribution in [0.15, 0.2) is 29.2 Å². The van der Waals surface area contributed by atoms with Gasteiger partial charge < -0.3 is 11.1 Å². The normalized spacial score (nSPS) is 16.2. The summed E-state index contributed by atoms with van der Waals surface area (Å²) in [6.45, 7) is 2.51. The predicted molar refractivity (Wildman–Crippen MR) is 103 cm³/mol. The number of aryl methyl sites for hydroxylation is 1. The first kappa shape index (κ1) is 20.9. The summed E-state index contributed by atoms with van der Waals surface area (Å²) in [6, 6.07) is 6.95. The summed E-state index contributed by atoms with van der Waals surface area (Å²) in [7, 11) is -3.41. The molecule has 1 amide bonds. The minimum absolute atomic E-state index is 0.0169. The molecule has 1 saturated heterocycles. The highest BCUT2D eigenvalue weighted by molar-refractivity contribution is 7.89. The zero-order valence-corrected chi connectivity index (χ0v) is 16.3. The third-order valence-corrected chi connectivity index (χ3v) is 6.63. The van der Waals surface area contributed by atoms with E-state index in [0.29, 0.717) is 43.9 Å². The van der Waals surface area contributed by atoms with Gasteiger partial charge in [-0.05, 0) is 56.3 Å². The first-order valence-corrected chi connectivity index (χ1v) is 11.0. The van der Waals surface area contributed by atoms with Crippen molar-refractivity contribution in [2.24, 2.45) is 5.73 Å². The Labute approximate surface area is 157 Å². The van der Waals surface area contributed by atoms with Gasteiger partial charge in [-0.1, -0.05) is 25.0 Å². The summed E-state index contributed by atoms with van der Waals surface area (Å²) < 4.78 is 27.1. The molecule has 1 fully saturated rings. The van der Waals surface area contributed by atoms with Crippen LogP contribution in [0.25, 0.3) is 0 Å². The Morgan fingerprint density at radius 3 is 2.31 bits per heavy atom. The number of benzene rings is 1. The van der Waals surface area contributed by atoms with Gasteiger partial charge in [-0.3, -0.25) is 4.79 Å². The molecule has 6 nitrogen and oxygen atoms in total. The molecule has 1 aliphatic rings. The standard InChI is InChI=1S/C19H31N3O3S/c20-13-3-4-14-21-19(23)12-9-17-7-10-18(11-8-17)26(24,25)22-15-5-1-2-6-16-22/h7-8,10-11H,1-6,9,12-16,20H2,(H,21,23). The lowest BCUT2D eigenvalue weighted by molar-refractivity contribution is -0.121. The number of sulfonamides is 1. The van der Waals surface area contributed by atoms with E-state index in [9.17, 15) is 13.2 Å². The molecule has 2 rings (SSSR count). The fraction of sp³-hybridized carbons (Fsp3) is 0.632. The van der Waals surface area contributed by atoms with E-state index >= 15 is 0 Å². The smallest absolute Gasteiger partial charge is 0.243 e. The second-order valence-electron chi connectivity index (χ2n) is 6.81. The molecule has 3 N–H and O–H groups in total. The zero-order valence-electron chi connectivity index (χ0n) is 15.5. The van der Waals surface area contributed by atoms with Crippen LogP contribution in [0.3, 0.4) is 0 Å². The van der Waals surface area contributed by atoms with Gasteiger partial charge in [-0.25, -0.2) is 8.42 Å². The van der Waals surface area contributed by atoms with E-state index in [4.69, 9.17) is 5.73 Å². The highest BCUT2D eigenvalue weighted by atomic mass is 32.2. The summed E-state index contributed by atoms with van der Waals surface area (Å²) in [5.74, 6) is 0.0169. The topological polar surface area (TPSA) is 92.5 Å². The number of carbonyl (C=O) groups excluding carboxylic acids is 1. The van der Waals surface area contributed by atoms with Crippen molar-refractivity contribution >= 4 is 15.9 Å². The molecule has 0 bridgehead atoms. The number of nitrogens with zero attached hydrogens (tertiary/aromatic N) is 1. The van der Waals surface area contributed by atoms with Crippen molar-refractivity contribution in [3.63, 3.8) is 0 Å². The monoisotopic (exact) mass is 381 g/mol. The maximum atomic E-state index is 12.7. The van der Waals surface area contributed by atoms with Crippen molar-refractivity contribution in [2.75, 3.05) is 26.2 Å². The Bertz CT molecular complexity index is 651. The van der Waals surface area contributed by atoms with Gasteiger partial charge in [-0.15, -0.1) is 0 Å². The molecule has 1 aromatic rings. The lowest BCUT2D eigenvalue weighted by Crippen LogP contribution is -2.31. The van der Waals surface area contributed by atoms with E-state index < -0.39 is 10.0 Å². The third kappa shape index (κ3) is 6.37. The van der Waals surface area contributed by atoms with Crippen LogP contribution in [0.5, 0.6) is 0 Å². The summed E-state index contributed by atoms with van der Waals surface area (Å²) >= 11 is 0. The van der Waals surface area contributed by atoms with Crippen LogP contribution in [0.4, 0.5) is 0 Å². The molecule has 0 aromatic heterocycles. The average Bonchev–Trinajstić information content (AvgIpc) is 2.94. The zero-order chi connectivity index (χ0) is 18.8. The maximum absolute atomic E-state index is 12.7. The molecule has 1 aromatic carbocycles. The van der Waals surface area contributed by atoms with Crippen LogP contribution in [0.1, 0.15) is 50.5 Å². The lowest BCUT2D eigenvalue weighted by atomic mass is 10.1. The Morgan fingerprint density at radius 1 is 1.04 bits per heavy atom. The van der Waals surface area contributed by atoms with Gasteiger partial charge in [0.1, 0.15) is 0 Å². The van der Waals surface area contributed by atoms with Gasteiger partial charge in [0.05, 0.1) is 4.90 Å². The number of hydrogen-bond acceptors (Lipinski definition) is 4. The first-order chi connectivity index (χ1) is 12.5. The fourth-order valence-corrected chi connectivity index (χ4v) is 4.62. The largest absolute Gasteiger partial charge is 0.356 e. The second kappa shape index (κ2) is 10.6. The number of carbonyl (C=O) groups is 1. The quantitative estimate of drug-likeness (QED) is 0.640. The Morgan fingerprint density at radius 2 is 1.69 bits per heavy atom. The van der Waals surface area contributed by atoms with E-state index in [1.54, 1.807) is 16.4 Å². The van der Waals surface area contributed by atoms with Crippen LogP contribution >= 0.6 is 0 Å². The third-order valence-electron chi connectivity index (χ3n) is 4.72. The number of unbranched alkanes of at least 4 members (excludes halogenated alkanes) is 1. The molecule has 0 atom stereocenters. The number of amides is 1. The molecule has 26 heavy (non-hydrogen) atoms. The summed E-state index contributed by atoms with van der Waals surface area (Å²) in [5, 5.41) is 2.88. The lowest BCUT2D eigenvalue weighted by Gasteiger charge is -2.20. The summed E-state index contributed by atoms with van der Waals surface area (Å²) in [5.41, 5.74) is 6.39. The number of hydrogen-bond donors (Lipinski definition) is 2. The van der Waals surface area contributed by atoms with Gasteiger partial charge in [0, 0.05) is 26.1 Å². The van der Waals surface area contributed by atoms with Gasteiger partial charge in [0.2, 0.25) is 15.9 Å². The van der Waals surface area contributed by atoms with E-state index in [1.807, 2.05) is 12.1 Å². The van der Waals surface area contributed by atoms with Gasteiger partial charge in [0.25, 0.3) is 0 Å². The molecule has 7 heteroatoms. The van der Waals surface area contributed by atoms with Crippen molar-refractivity contribution in [1.82, 2.24) is 9.62 Å². The molecule has 1 heterocycles. The number of rotatable bonds is 9. The van der Waals surface area contributed by atoms with Crippen molar-refractivity contribution in [3.8, 4) is 0 Å². The molecule has 1 aliphatic heterocycles. The molecule has 0 spiro atoms. The van der Waals surface area contributed by atoms with Crippen LogP contribution in [0, 0.1) is 0 Å². The van der Waals surface area contributed by atoms with Crippen LogP contribution in [-0.4, -0.2) is 44.8 Å². The van der Waals surface area contributed by atoms with Crippen molar-refractivity contribution in [1.29, 1.82) is 0 Å². The van der Waals surface area contributed by atoms with Gasteiger partial charge >= 0.3 is 0 Å². The maximum Gasteiger partial charge on any atom is 0.243 e. The predicted octanol–water partition coefficient (Wildman–Crippen LogP) is 2.04. The van der Waals surface area contributed by atoms with Gasteiger partial charge in [0.15, 0.2) is 0 Å². The minimum Gasteiger partial charge on any atom is -0.356 e. The molecular weight excluding hydrogens is 350 g/mol. The molecule has 0 radical (unpaired) electrons. The molecule has 0 saturated carbocycles. The second-order valence-corrected chi connectivity index (χ2v) is 8.75. The van der Waals surface area contributed by atoms with Crippen LogP contribution in [-0.2, 0) is 21.2 Å². The number of nitrogens with one attached hydrogen (secondary N) is 1. The average molecular weight is 382 g/mol. The van der Waals surface area contributed by atoms with E-state index in [-0.39, 0.29) is 5.91 Å². The van der Waals surface area contributed by atoms with E-state index in [0.717, 1.165) is 44.1 Å². The van der Waals surface area contributed by atoms with Crippen molar-refractivity contribution < 1.29 is 13.2 Å². The van der Waals surface area contributed by atoms with Crippen molar-refractivity contribution in [2.45, 2.75) is 56.3 Å². The van der Waals surface area contributed by atoms with Crippen molar-refractivity contribution in [3.05, 3.63) is 29.8 Å². The van der Waals surface area contributed by atoms with E-state index in [2.05, 4.69) is 5.32 Å². The molecule has 0 aliphatic carbocycles. The fourth-order valence-electron chi connectivity index (χ4n) is 3.10. The van der Waals surface area contributed by atoms with Crippen LogP contribution < -0.4 is 11.1 Å². The highest BCUT2D eigenvalue weighted by Gasteiger charge is 2.24. The number of nitrogens with two attached hydrogens (primary N) is 1. The molecule has 0 unspecified atom stereocenters. The van der Waals surface area contributed by atoms with E-state index in [1.165, 1.54) is 0 Å². The Kier molecular flexibility index (Phi) is 8.54. The minimum atomic E-state index is -3.41. The summed E-state index contributed by atoms with van der Waals surface area (Å²) in [4.78, 5) is 12.1. The SMILES string of the molecule is NCCCCNC(=O)CCc1ccc(S(=O)(=O)N2CCCCCC2)cc1. The van der Waals surface area contributed by atoms with Gasteiger partial charge in [-0.2, -0.15) is 4.31 Å². The molecular formula is C19H31N3O3S. The Balaban J connectivity index is 1.86.